The summed E-state index contributed by atoms with van der Waals surface area (Å²) in [6.45, 7) is -0.528. The number of cyclic esters (lactones) is 1. The Hall–Kier alpha value is -1.73. The first-order chi connectivity index (χ1) is 13.0. The average Bonchev–Trinajstić information content (AvgIpc) is 2.94. The maximum atomic E-state index is 14.6. The van der Waals surface area contributed by atoms with Gasteiger partial charge in [-0.1, -0.05) is 6.08 Å². The van der Waals surface area contributed by atoms with E-state index in [9.17, 15) is 31.1 Å². The molecule has 28 heavy (non-hydrogen) atoms. The molecular weight excluding hydrogens is 420 g/mol. The van der Waals surface area contributed by atoms with Gasteiger partial charge in [-0.05, 0) is 24.1 Å². The molecule has 2 N–H and O–H groups in total. The van der Waals surface area contributed by atoms with Gasteiger partial charge < -0.3 is 4.74 Å². The van der Waals surface area contributed by atoms with Gasteiger partial charge >= 0.3 is 6.09 Å². The van der Waals surface area contributed by atoms with E-state index >= 15 is 0 Å². The zero-order valence-corrected chi connectivity index (χ0v) is 16.4. The van der Waals surface area contributed by atoms with Crippen LogP contribution in [0.4, 0.5) is 19.3 Å². The minimum absolute atomic E-state index is 0.0277. The Labute approximate surface area is 162 Å². The van der Waals surface area contributed by atoms with Crippen LogP contribution in [0.25, 0.3) is 5.57 Å². The van der Waals surface area contributed by atoms with Crippen LogP contribution in [0.2, 0.25) is 0 Å². The lowest BCUT2D eigenvalue weighted by molar-refractivity contribution is 0.107. The summed E-state index contributed by atoms with van der Waals surface area (Å²) in [5.74, 6) is -1.84. The minimum Gasteiger partial charge on any atom is -0.441 e. The summed E-state index contributed by atoms with van der Waals surface area (Å²) in [4.78, 5) is 13.0. The topological polar surface area (TPSA) is 113 Å². The number of carbonyl (C=O) groups is 1. The van der Waals surface area contributed by atoms with Crippen molar-refractivity contribution in [3.8, 4) is 0 Å². The molecular formula is C16H19F2NO7S2. The molecule has 1 atom stereocenters. The van der Waals surface area contributed by atoms with Crippen LogP contribution in [0.15, 0.2) is 18.2 Å². The number of hydrogen-bond acceptors (Lipinski definition) is 7. The van der Waals surface area contributed by atoms with Gasteiger partial charge in [0.1, 0.15) is 24.3 Å². The summed E-state index contributed by atoms with van der Waals surface area (Å²) < 4.78 is 80.0. The molecule has 0 spiro atoms. The first kappa shape index (κ1) is 21.0. The largest absolute Gasteiger partial charge is 0.441 e. The van der Waals surface area contributed by atoms with Crippen molar-refractivity contribution in [2.24, 2.45) is 0 Å². The Morgan fingerprint density at radius 1 is 1.32 bits per heavy atom. The number of nitrogens with zero attached hydrogens (tertiary/aromatic N) is 1. The second-order valence-corrected chi connectivity index (χ2v) is 10.5. The third-order valence-corrected chi connectivity index (χ3v) is 6.42. The van der Waals surface area contributed by atoms with Gasteiger partial charge in [0.05, 0.1) is 24.2 Å². The monoisotopic (exact) mass is 439 g/mol. The molecule has 0 aromatic heterocycles. The van der Waals surface area contributed by atoms with Gasteiger partial charge in [-0.3, -0.25) is 18.2 Å². The lowest BCUT2D eigenvalue weighted by Crippen LogP contribution is -2.27. The number of allylic oxidation sites excluding steroid dienone is 1. The molecule has 0 aliphatic carbocycles. The number of amides is 1. The normalized spacial score (nSPS) is 23.3. The standard InChI is InChI=1S/C16H19F2NO7S2/c1-27(21,22)25-9-12-8-19(16(20)26-12)11-6-13(17)15(14(18)7-11)10-2-4-28(23,24)5-3-10/h2,6-7,12,23-24H,3-5,8-9H2,1H3/t12-/m1/s1. The highest BCUT2D eigenvalue weighted by Crippen LogP contribution is 2.46. The predicted molar refractivity (Wildman–Crippen MR) is 99.9 cm³/mol. The summed E-state index contributed by atoms with van der Waals surface area (Å²) >= 11 is 0. The molecule has 1 aromatic carbocycles. The van der Waals surface area contributed by atoms with Crippen LogP contribution in [0, 0.1) is 11.6 Å². The fourth-order valence-corrected chi connectivity index (χ4v) is 4.54. The van der Waals surface area contributed by atoms with Gasteiger partial charge in [0.2, 0.25) is 0 Å². The number of carbonyl (C=O) groups excluding carboxylic acids is 1. The molecule has 2 aliphatic rings. The molecule has 1 amide bonds. The molecule has 0 saturated carbocycles. The maximum absolute atomic E-state index is 14.6. The number of rotatable bonds is 5. The second kappa shape index (κ2) is 7.59. The average molecular weight is 439 g/mol. The quantitative estimate of drug-likeness (QED) is 0.678. The predicted octanol–water partition coefficient (Wildman–Crippen LogP) is 2.80. The highest BCUT2D eigenvalue weighted by Gasteiger charge is 2.34. The molecule has 2 heterocycles. The third kappa shape index (κ3) is 4.81. The van der Waals surface area contributed by atoms with Gasteiger partial charge in [-0.15, -0.1) is 0 Å². The van der Waals surface area contributed by atoms with E-state index in [0.29, 0.717) is 5.57 Å². The van der Waals surface area contributed by atoms with E-state index < -0.39 is 51.1 Å². The number of hydrogen-bond donors (Lipinski definition) is 2. The molecule has 0 unspecified atom stereocenters. The number of ether oxygens (including phenoxy) is 1. The first-order valence-corrected chi connectivity index (χ1v) is 11.9. The number of anilines is 1. The Balaban J connectivity index is 1.79. The Morgan fingerprint density at radius 3 is 2.50 bits per heavy atom. The smallest absolute Gasteiger partial charge is 0.414 e. The summed E-state index contributed by atoms with van der Waals surface area (Å²) in [5, 5.41) is 0. The number of halogens is 2. The van der Waals surface area contributed by atoms with Crippen molar-refractivity contribution >= 4 is 38.1 Å². The molecule has 1 aromatic rings. The van der Waals surface area contributed by atoms with Crippen molar-refractivity contribution in [1.82, 2.24) is 0 Å². The van der Waals surface area contributed by atoms with E-state index in [0.717, 1.165) is 23.3 Å². The second-order valence-electron chi connectivity index (χ2n) is 6.54. The van der Waals surface area contributed by atoms with E-state index in [1.807, 2.05) is 0 Å². The van der Waals surface area contributed by atoms with Crippen molar-refractivity contribution < 1.29 is 40.0 Å². The highest BCUT2D eigenvalue weighted by atomic mass is 32.3. The highest BCUT2D eigenvalue weighted by molar-refractivity contribution is 8.24. The van der Waals surface area contributed by atoms with Crippen LogP contribution >= 0.6 is 10.6 Å². The van der Waals surface area contributed by atoms with E-state index in [1.165, 1.54) is 6.08 Å². The van der Waals surface area contributed by atoms with Gasteiger partial charge in [0.15, 0.2) is 0 Å². The van der Waals surface area contributed by atoms with E-state index in [2.05, 4.69) is 4.18 Å². The molecule has 0 bridgehead atoms. The Kier molecular flexibility index (Phi) is 5.69. The van der Waals surface area contributed by atoms with E-state index in [-0.39, 0.29) is 35.7 Å². The zero-order chi connectivity index (χ0) is 20.7. The van der Waals surface area contributed by atoms with Crippen LogP contribution in [0.3, 0.4) is 0 Å². The van der Waals surface area contributed by atoms with Gasteiger partial charge in [-0.2, -0.15) is 19.0 Å². The fourth-order valence-electron chi connectivity index (χ4n) is 2.96. The van der Waals surface area contributed by atoms with Crippen molar-refractivity contribution in [1.29, 1.82) is 0 Å². The SMILES string of the molecule is CS(=O)(=O)OC[C@H]1CN(c2cc(F)c(C3=CCS(O)(O)CC3)c(F)c2)C(=O)O1. The van der Waals surface area contributed by atoms with Crippen molar-refractivity contribution in [2.45, 2.75) is 12.5 Å². The fraction of sp³-hybridized carbons (Fsp3) is 0.438. The van der Waals surface area contributed by atoms with Crippen molar-refractivity contribution in [3.63, 3.8) is 0 Å². The summed E-state index contributed by atoms with van der Waals surface area (Å²) in [5.41, 5.74) is -0.0225. The van der Waals surface area contributed by atoms with E-state index in [1.54, 1.807) is 0 Å². The zero-order valence-electron chi connectivity index (χ0n) is 14.8. The van der Waals surface area contributed by atoms with Crippen molar-refractivity contribution in [3.05, 3.63) is 35.4 Å². The molecule has 156 valence electrons. The van der Waals surface area contributed by atoms with Crippen LogP contribution in [-0.2, 0) is 19.0 Å². The first-order valence-electron chi connectivity index (χ1n) is 8.20. The lowest BCUT2D eigenvalue weighted by Gasteiger charge is -2.35. The summed E-state index contributed by atoms with van der Waals surface area (Å²) in [7, 11) is -6.47. The lowest BCUT2D eigenvalue weighted by atomic mass is 10.0. The molecule has 1 fully saturated rings. The maximum Gasteiger partial charge on any atom is 0.414 e. The van der Waals surface area contributed by atoms with Gasteiger partial charge in [-0.25, -0.2) is 13.6 Å². The molecule has 3 rings (SSSR count). The Bertz CT molecular complexity index is 910. The molecule has 8 nitrogen and oxygen atoms in total. The molecule has 12 heteroatoms. The van der Waals surface area contributed by atoms with Crippen LogP contribution in [0.5, 0.6) is 0 Å². The van der Waals surface area contributed by atoms with Crippen LogP contribution in [-0.4, -0.2) is 60.6 Å². The Morgan fingerprint density at radius 2 is 1.96 bits per heavy atom. The third-order valence-electron chi connectivity index (χ3n) is 4.30. The van der Waals surface area contributed by atoms with Crippen LogP contribution in [0.1, 0.15) is 12.0 Å². The molecule has 2 aliphatic heterocycles. The number of benzene rings is 1. The summed E-state index contributed by atoms with van der Waals surface area (Å²) in [6.07, 6.45) is 0.595. The molecule has 1 saturated heterocycles. The van der Waals surface area contributed by atoms with Gasteiger partial charge in [0, 0.05) is 11.3 Å². The van der Waals surface area contributed by atoms with Crippen molar-refractivity contribution in [2.75, 3.05) is 35.8 Å². The van der Waals surface area contributed by atoms with E-state index in [4.69, 9.17) is 4.74 Å². The van der Waals surface area contributed by atoms with Gasteiger partial charge in [0.25, 0.3) is 10.1 Å². The summed E-state index contributed by atoms with van der Waals surface area (Å²) in [6, 6.07) is 1.96. The van der Waals surface area contributed by atoms with Crippen LogP contribution < -0.4 is 4.90 Å². The molecule has 0 radical (unpaired) electrons. The minimum atomic E-state index is -3.72.